The van der Waals surface area contributed by atoms with Crippen molar-refractivity contribution < 1.29 is 4.79 Å². The summed E-state index contributed by atoms with van der Waals surface area (Å²) in [6.07, 6.45) is 1.54. The summed E-state index contributed by atoms with van der Waals surface area (Å²) in [5, 5.41) is 7.94. The van der Waals surface area contributed by atoms with E-state index in [4.69, 9.17) is 22.3 Å². The van der Waals surface area contributed by atoms with Crippen molar-refractivity contribution in [2.24, 2.45) is 10.7 Å². The van der Waals surface area contributed by atoms with Crippen molar-refractivity contribution in [2.45, 2.75) is 24.9 Å². The molecule has 0 radical (unpaired) electrons. The lowest BCUT2D eigenvalue weighted by molar-refractivity contribution is -0.130. The monoisotopic (exact) mass is 397 g/mol. The van der Waals surface area contributed by atoms with Gasteiger partial charge in [0, 0.05) is 24.7 Å². The number of hydrogen-bond acceptors (Lipinski definition) is 5. The van der Waals surface area contributed by atoms with Gasteiger partial charge in [0.15, 0.2) is 0 Å². The third-order valence-corrected chi connectivity index (χ3v) is 5.69. The molecule has 2 aromatic carbocycles. The first-order valence-corrected chi connectivity index (χ1v) is 9.90. The number of halogens is 1. The van der Waals surface area contributed by atoms with E-state index in [1.807, 2.05) is 53.4 Å². The van der Waals surface area contributed by atoms with Crippen LogP contribution in [-0.2, 0) is 11.3 Å². The number of benzene rings is 2. The Morgan fingerprint density at radius 3 is 2.75 bits per heavy atom. The fraction of sp³-hybridized carbons (Fsp3) is 0.333. The lowest BCUT2D eigenvalue weighted by Crippen LogP contribution is -2.60. The summed E-state index contributed by atoms with van der Waals surface area (Å²) >= 11 is 6.12. The second kappa shape index (κ2) is 7.81. The Bertz CT molecular complexity index is 905. The van der Waals surface area contributed by atoms with E-state index in [0.29, 0.717) is 19.6 Å². The maximum Gasteiger partial charge on any atom is 0.236 e. The van der Waals surface area contributed by atoms with Crippen LogP contribution in [0.15, 0.2) is 53.5 Å². The zero-order chi connectivity index (χ0) is 19.6. The molecular formula is C21H24ClN5O. The minimum absolute atomic E-state index is 0.00330. The van der Waals surface area contributed by atoms with Crippen LogP contribution in [0.4, 0.5) is 11.4 Å². The Labute approximate surface area is 169 Å². The van der Waals surface area contributed by atoms with Gasteiger partial charge in [0.25, 0.3) is 0 Å². The first-order valence-electron chi connectivity index (χ1n) is 9.52. The predicted molar refractivity (Wildman–Crippen MR) is 113 cm³/mol. The highest BCUT2D eigenvalue weighted by molar-refractivity contribution is 6.30. The Balaban J connectivity index is 1.58. The van der Waals surface area contributed by atoms with Gasteiger partial charge in [0.1, 0.15) is 5.84 Å². The molecule has 1 fully saturated rings. The third-order valence-electron chi connectivity index (χ3n) is 5.46. The quantitative estimate of drug-likeness (QED) is 0.743. The number of para-hydroxylation sites is 2. The molecule has 0 bridgehead atoms. The van der Waals surface area contributed by atoms with Gasteiger partial charge in [-0.25, -0.2) is 4.99 Å². The van der Waals surface area contributed by atoms with Crippen LogP contribution in [0, 0.1) is 0 Å². The van der Waals surface area contributed by atoms with E-state index in [9.17, 15) is 4.79 Å². The number of amides is 1. The van der Waals surface area contributed by atoms with Gasteiger partial charge >= 0.3 is 0 Å². The highest BCUT2D eigenvalue weighted by Gasteiger charge is 2.42. The Hall–Kier alpha value is -2.57. The minimum atomic E-state index is -0.321. The number of carbonyl (C=O) groups excluding carboxylic acids is 1. The molecule has 0 unspecified atom stereocenters. The Morgan fingerprint density at radius 2 is 2.00 bits per heavy atom. The number of anilines is 1. The van der Waals surface area contributed by atoms with E-state index in [2.05, 4.69) is 10.6 Å². The van der Waals surface area contributed by atoms with Crippen LogP contribution in [0.3, 0.4) is 0 Å². The molecular weight excluding hydrogens is 374 g/mol. The lowest BCUT2D eigenvalue weighted by Gasteiger charge is -2.45. The summed E-state index contributed by atoms with van der Waals surface area (Å²) in [4.78, 5) is 18.7. The summed E-state index contributed by atoms with van der Waals surface area (Å²) in [5.41, 5.74) is 8.25. The van der Waals surface area contributed by atoms with Crippen molar-refractivity contribution in [1.29, 1.82) is 0 Å². The number of piperidine rings is 1. The second-order valence-corrected chi connectivity index (χ2v) is 7.69. The number of nitrogens with two attached hydrogens (primary N) is 1. The summed E-state index contributed by atoms with van der Waals surface area (Å²) in [5.74, 6) is 0.905. The molecule has 6 nitrogen and oxygen atoms in total. The van der Waals surface area contributed by atoms with E-state index in [0.717, 1.165) is 40.6 Å². The second-order valence-electron chi connectivity index (χ2n) is 7.25. The maximum atomic E-state index is 12.0. The van der Waals surface area contributed by atoms with Crippen LogP contribution < -0.4 is 16.4 Å². The Morgan fingerprint density at radius 1 is 1.21 bits per heavy atom. The highest BCUT2D eigenvalue weighted by Crippen LogP contribution is 2.38. The molecule has 0 saturated carbocycles. The van der Waals surface area contributed by atoms with Gasteiger partial charge in [-0.15, -0.1) is 0 Å². The zero-order valence-electron chi connectivity index (χ0n) is 15.6. The van der Waals surface area contributed by atoms with Crippen molar-refractivity contribution in [3.8, 4) is 0 Å². The van der Waals surface area contributed by atoms with Gasteiger partial charge in [0.2, 0.25) is 5.91 Å². The fourth-order valence-electron chi connectivity index (χ4n) is 3.89. The zero-order valence-corrected chi connectivity index (χ0v) is 16.4. The van der Waals surface area contributed by atoms with Gasteiger partial charge in [-0.2, -0.15) is 0 Å². The number of nitrogens with one attached hydrogen (secondary N) is 2. The van der Waals surface area contributed by atoms with Crippen LogP contribution in [0.5, 0.6) is 0 Å². The first kappa shape index (κ1) is 18.8. The number of likely N-dealkylation sites (tertiary alicyclic amines) is 1. The average molecular weight is 398 g/mol. The average Bonchev–Trinajstić information content (AvgIpc) is 2.72. The predicted octanol–water partition coefficient (Wildman–Crippen LogP) is 2.91. The molecule has 146 valence electrons. The van der Waals surface area contributed by atoms with Crippen molar-refractivity contribution in [2.75, 3.05) is 25.0 Å². The summed E-state index contributed by atoms with van der Waals surface area (Å²) in [6.45, 7) is 2.00. The number of aliphatic imine (C=N–C) groups is 1. The van der Waals surface area contributed by atoms with Crippen LogP contribution in [0.25, 0.3) is 0 Å². The molecule has 4 N–H and O–H groups in total. The molecule has 7 heteroatoms. The molecule has 2 aromatic rings. The molecule has 1 saturated heterocycles. The first-order chi connectivity index (χ1) is 13.6. The van der Waals surface area contributed by atoms with E-state index in [1.54, 1.807) is 0 Å². The van der Waals surface area contributed by atoms with Crippen molar-refractivity contribution >= 4 is 34.7 Å². The molecule has 0 aromatic heterocycles. The normalized spacial score (nSPS) is 17.5. The Kier molecular flexibility index (Phi) is 5.24. The number of fused-ring (bicyclic) bond motifs is 1. The van der Waals surface area contributed by atoms with Gasteiger partial charge in [0.05, 0.1) is 23.5 Å². The molecule has 0 aliphatic carbocycles. The summed E-state index contributed by atoms with van der Waals surface area (Å²) < 4.78 is 0. The lowest BCUT2D eigenvalue weighted by atomic mass is 9.84. The van der Waals surface area contributed by atoms with Crippen LogP contribution in [0.1, 0.15) is 18.4 Å². The van der Waals surface area contributed by atoms with Gasteiger partial charge in [-0.05, 0) is 42.7 Å². The molecule has 4 rings (SSSR count). The largest absolute Gasteiger partial charge is 0.371 e. The summed E-state index contributed by atoms with van der Waals surface area (Å²) in [7, 11) is 0. The van der Waals surface area contributed by atoms with Crippen molar-refractivity contribution in [3.05, 3.63) is 59.1 Å². The van der Waals surface area contributed by atoms with Gasteiger partial charge in [-0.3, -0.25) is 4.79 Å². The van der Waals surface area contributed by atoms with Crippen LogP contribution >= 0.6 is 11.6 Å². The molecule has 28 heavy (non-hydrogen) atoms. The molecule has 2 aliphatic heterocycles. The SMILES string of the molecule is NCC(=O)N1CCC2(CC1)Nc1ccccc1N=C2NCc1cccc(Cl)c1. The topological polar surface area (TPSA) is 82.8 Å². The number of hydrogen-bond donors (Lipinski definition) is 3. The van der Waals surface area contributed by atoms with E-state index < -0.39 is 0 Å². The number of carbonyl (C=O) groups is 1. The molecule has 1 amide bonds. The minimum Gasteiger partial charge on any atom is -0.371 e. The molecule has 2 heterocycles. The fourth-order valence-corrected chi connectivity index (χ4v) is 4.10. The van der Waals surface area contributed by atoms with Crippen LogP contribution in [0.2, 0.25) is 5.02 Å². The maximum absolute atomic E-state index is 12.0. The molecule has 0 atom stereocenters. The van der Waals surface area contributed by atoms with Crippen molar-refractivity contribution in [1.82, 2.24) is 10.2 Å². The highest BCUT2D eigenvalue weighted by atomic mass is 35.5. The smallest absolute Gasteiger partial charge is 0.236 e. The molecule has 2 aliphatic rings. The van der Waals surface area contributed by atoms with Gasteiger partial charge < -0.3 is 21.3 Å². The standard InChI is InChI=1S/C21H24ClN5O/c22-16-5-3-4-15(12-16)14-24-20-21(8-10-27(11-9-21)19(28)13-23)26-18-7-2-1-6-17(18)25-20/h1-7,12,26H,8-11,13-14,23H2,(H,24,25). The summed E-state index contributed by atoms with van der Waals surface area (Å²) in [6, 6.07) is 15.9. The third kappa shape index (κ3) is 3.70. The van der Waals surface area contributed by atoms with E-state index in [-0.39, 0.29) is 18.0 Å². The molecule has 1 spiro atoms. The van der Waals surface area contributed by atoms with Crippen molar-refractivity contribution in [3.63, 3.8) is 0 Å². The number of amidine groups is 1. The van der Waals surface area contributed by atoms with E-state index in [1.165, 1.54) is 0 Å². The number of nitrogens with zero attached hydrogens (tertiary/aromatic N) is 2. The van der Waals surface area contributed by atoms with E-state index >= 15 is 0 Å². The van der Waals surface area contributed by atoms with Gasteiger partial charge in [-0.1, -0.05) is 35.9 Å². The number of rotatable bonds is 3. The van der Waals surface area contributed by atoms with Crippen LogP contribution in [-0.4, -0.2) is 41.8 Å².